The molecule has 1 aliphatic heterocycles. The molecular formula is C20H20F3N7O. The number of alkyl halides is 3. The van der Waals surface area contributed by atoms with Gasteiger partial charge in [-0.15, -0.1) is 0 Å². The number of carbonyl (C=O) groups excluding carboxylic acids is 1. The van der Waals surface area contributed by atoms with Crippen LogP contribution in [-0.4, -0.2) is 38.7 Å². The van der Waals surface area contributed by atoms with Crippen molar-refractivity contribution < 1.29 is 18.0 Å². The minimum absolute atomic E-state index is 0.00863. The first-order valence-corrected chi connectivity index (χ1v) is 9.69. The number of hydrogen-bond acceptors (Lipinski definition) is 6. The van der Waals surface area contributed by atoms with E-state index in [1.165, 1.54) is 5.56 Å². The number of piperidine rings is 1. The molecule has 0 bridgehead atoms. The molecule has 1 fully saturated rings. The molecule has 0 atom stereocenters. The maximum Gasteiger partial charge on any atom is 0.435 e. The number of nitrogens with two attached hydrogens (primary N) is 1. The van der Waals surface area contributed by atoms with Crippen LogP contribution >= 0.6 is 0 Å². The zero-order chi connectivity index (χ0) is 22.0. The molecule has 3 aromatic rings. The molecule has 0 spiro atoms. The van der Waals surface area contributed by atoms with Crippen LogP contribution in [0.25, 0.3) is 5.82 Å². The summed E-state index contributed by atoms with van der Waals surface area (Å²) in [6, 6.07) is 8.54. The Kier molecular flexibility index (Phi) is 5.59. The largest absolute Gasteiger partial charge is 0.435 e. The first-order chi connectivity index (χ1) is 14.8. The highest BCUT2D eigenvalue weighted by Crippen LogP contribution is 2.29. The Bertz CT molecular complexity index is 1070. The summed E-state index contributed by atoms with van der Waals surface area (Å²) < 4.78 is 39.4. The quantitative estimate of drug-likeness (QED) is 0.573. The van der Waals surface area contributed by atoms with Gasteiger partial charge in [0.15, 0.2) is 23.0 Å². The van der Waals surface area contributed by atoms with E-state index in [1.807, 2.05) is 24.3 Å². The number of carbonyl (C=O) groups is 1. The van der Waals surface area contributed by atoms with Gasteiger partial charge in [-0.25, -0.2) is 14.6 Å². The highest BCUT2D eigenvalue weighted by atomic mass is 19.4. The number of hydrogen-bond donors (Lipinski definition) is 3. The molecule has 1 aliphatic rings. The Morgan fingerprint density at radius 2 is 1.87 bits per heavy atom. The van der Waals surface area contributed by atoms with Gasteiger partial charge in [-0.05, 0) is 55.6 Å². The molecule has 3 heterocycles. The molecule has 1 amide bonds. The van der Waals surface area contributed by atoms with Crippen molar-refractivity contribution in [1.29, 1.82) is 0 Å². The van der Waals surface area contributed by atoms with Gasteiger partial charge in [0.1, 0.15) is 0 Å². The highest BCUT2D eigenvalue weighted by molar-refractivity contribution is 5.96. The number of primary amides is 1. The predicted octanol–water partition coefficient (Wildman–Crippen LogP) is 2.99. The number of benzene rings is 1. The van der Waals surface area contributed by atoms with E-state index in [2.05, 4.69) is 25.7 Å². The third kappa shape index (κ3) is 4.66. The molecule has 31 heavy (non-hydrogen) atoms. The summed E-state index contributed by atoms with van der Waals surface area (Å²) >= 11 is 0. The minimum atomic E-state index is -4.58. The molecular weight excluding hydrogens is 411 g/mol. The van der Waals surface area contributed by atoms with Gasteiger partial charge >= 0.3 is 6.18 Å². The third-order valence-corrected chi connectivity index (χ3v) is 5.09. The second-order valence-corrected chi connectivity index (χ2v) is 7.20. The number of amides is 1. The van der Waals surface area contributed by atoms with Crippen molar-refractivity contribution in [2.75, 3.05) is 18.4 Å². The van der Waals surface area contributed by atoms with Crippen molar-refractivity contribution in [3.05, 3.63) is 59.7 Å². The molecule has 0 saturated carbocycles. The minimum Gasteiger partial charge on any atom is -0.364 e. The molecule has 4 N–H and O–H groups in total. The van der Waals surface area contributed by atoms with E-state index in [-0.39, 0.29) is 17.3 Å². The van der Waals surface area contributed by atoms with Crippen LogP contribution in [-0.2, 0) is 6.18 Å². The normalized spacial score (nSPS) is 15.1. The maximum atomic E-state index is 12.8. The van der Waals surface area contributed by atoms with Gasteiger partial charge in [0.05, 0.1) is 6.20 Å². The van der Waals surface area contributed by atoms with Crippen molar-refractivity contribution >= 4 is 17.4 Å². The molecule has 0 unspecified atom stereocenters. The standard InChI is InChI=1S/C20H20F3N7O/c21-20(22,23)15-7-10-30(29-15)16-11-26-17(18(24)31)19(28-16)27-14-3-1-12(2-4-14)13-5-8-25-9-6-13/h1-4,7,10-11,13,25H,5-6,8-9H2,(H2,24,31)(H,27,28). The predicted molar refractivity (Wildman–Crippen MR) is 107 cm³/mol. The molecule has 1 aromatic carbocycles. The van der Waals surface area contributed by atoms with E-state index in [9.17, 15) is 18.0 Å². The molecule has 2 aromatic heterocycles. The van der Waals surface area contributed by atoms with Crippen LogP contribution in [0.5, 0.6) is 0 Å². The first kappa shape index (κ1) is 20.8. The lowest BCUT2D eigenvalue weighted by Gasteiger charge is -2.23. The van der Waals surface area contributed by atoms with Gasteiger partial charge in [0.25, 0.3) is 5.91 Å². The van der Waals surface area contributed by atoms with Gasteiger partial charge in [-0.1, -0.05) is 12.1 Å². The zero-order valence-corrected chi connectivity index (χ0v) is 16.4. The second kappa shape index (κ2) is 8.34. The van der Waals surface area contributed by atoms with E-state index >= 15 is 0 Å². The Morgan fingerprint density at radius 3 is 2.48 bits per heavy atom. The fourth-order valence-corrected chi connectivity index (χ4v) is 3.49. The molecule has 1 saturated heterocycles. The van der Waals surface area contributed by atoms with E-state index in [1.54, 1.807) is 0 Å². The second-order valence-electron chi connectivity index (χ2n) is 7.20. The van der Waals surface area contributed by atoms with Gasteiger partial charge in [-0.2, -0.15) is 18.3 Å². The van der Waals surface area contributed by atoms with Crippen molar-refractivity contribution in [3.8, 4) is 5.82 Å². The van der Waals surface area contributed by atoms with E-state index < -0.39 is 17.8 Å². The molecule has 0 radical (unpaired) electrons. The molecule has 4 rings (SSSR count). The van der Waals surface area contributed by atoms with E-state index in [0.717, 1.165) is 49.1 Å². The van der Waals surface area contributed by atoms with Gasteiger partial charge in [-0.3, -0.25) is 4.79 Å². The van der Waals surface area contributed by atoms with Crippen molar-refractivity contribution in [2.24, 2.45) is 5.73 Å². The van der Waals surface area contributed by atoms with Crippen molar-refractivity contribution in [1.82, 2.24) is 25.1 Å². The summed E-state index contributed by atoms with van der Waals surface area (Å²) in [7, 11) is 0. The number of nitrogens with one attached hydrogen (secondary N) is 2. The van der Waals surface area contributed by atoms with Crippen LogP contribution in [0.4, 0.5) is 24.7 Å². The summed E-state index contributed by atoms with van der Waals surface area (Å²) in [5.41, 5.74) is 6.05. The van der Waals surface area contributed by atoms with Crippen LogP contribution in [0.2, 0.25) is 0 Å². The molecule has 8 nitrogen and oxygen atoms in total. The summed E-state index contributed by atoms with van der Waals surface area (Å²) in [5.74, 6) is -0.287. The SMILES string of the molecule is NC(=O)c1ncc(-n2ccc(C(F)(F)F)n2)nc1Nc1ccc(C2CCNCC2)cc1. The Hall–Kier alpha value is -3.47. The van der Waals surface area contributed by atoms with Gasteiger partial charge in [0, 0.05) is 11.9 Å². The highest BCUT2D eigenvalue weighted by Gasteiger charge is 2.33. The Morgan fingerprint density at radius 1 is 1.16 bits per heavy atom. The molecule has 11 heteroatoms. The average Bonchev–Trinajstić information content (AvgIpc) is 3.26. The molecule has 0 aliphatic carbocycles. The number of nitrogens with zero attached hydrogens (tertiary/aromatic N) is 4. The average molecular weight is 431 g/mol. The smallest absolute Gasteiger partial charge is 0.364 e. The lowest BCUT2D eigenvalue weighted by atomic mass is 9.90. The van der Waals surface area contributed by atoms with Gasteiger partial charge < -0.3 is 16.4 Å². The monoisotopic (exact) mass is 431 g/mol. The summed E-state index contributed by atoms with van der Waals surface area (Å²) in [6.45, 7) is 1.97. The third-order valence-electron chi connectivity index (χ3n) is 5.09. The lowest BCUT2D eigenvalue weighted by molar-refractivity contribution is -0.141. The topological polar surface area (TPSA) is 111 Å². The van der Waals surface area contributed by atoms with E-state index in [4.69, 9.17) is 5.73 Å². The fourth-order valence-electron chi connectivity index (χ4n) is 3.49. The number of anilines is 2. The van der Waals surface area contributed by atoms with Crippen LogP contribution < -0.4 is 16.4 Å². The van der Waals surface area contributed by atoms with Crippen LogP contribution in [0, 0.1) is 0 Å². The van der Waals surface area contributed by atoms with Crippen molar-refractivity contribution in [3.63, 3.8) is 0 Å². The summed E-state index contributed by atoms with van der Waals surface area (Å²) in [6.07, 6.45) is -0.193. The molecule has 162 valence electrons. The summed E-state index contributed by atoms with van der Waals surface area (Å²) in [5, 5.41) is 9.79. The fraction of sp³-hybridized carbons (Fsp3) is 0.300. The summed E-state index contributed by atoms with van der Waals surface area (Å²) in [4.78, 5) is 19.9. The first-order valence-electron chi connectivity index (χ1n) is 9.69. The number of halogens is 3. The van der Waals surface area contributed by atoms with Crippen LogP contribution in [0.15, 0.2) is 42.7 Å². The lowest BCUT2D eigenvalue weighted by Crippen LogP contribution is -2.26. The van der Waals surface area contributed by atoms with E-state index in [0.29, 0.717) is 11.6 Å². The van der Waals surface area contributed by atoms with Crippen LogP contribution in [0.3, 0.4) is 0 Å². The number of rotatable bonds is 5. The Labute approximate surface area is 175 Å². The van der Waals surface area contributed by atoms with Crippen LogP contribution in [0.1, 0.15) is 40.5 Å². The maximum absolute atomic E-state index is 12.8. The number of aromatic nitrogens is 4. The zero-order valence-electron chi connectivity index (χ0n) is 16.4. The Balaban J connectivity index is 1.60. The van der Waals surface area contributed by atoms with Crippen molar-refractivity contribution in [2.45, 2.75) is 24.9 Å². The van der Waals surface area contributed by atoms with Gasteiger partial charge in [0.2, 0.25) is 0 Å².